The van der Waals surface area contributed by atoms with Gasteiger partial charge in [-0.2, -0.15) is 0 Å². The normalized spacial score (nSPS) is 14.4. The van der Waals surface area contributed by atoms with E-state index in [1.807, 2.05) is 41.5 Å². The Hall–Kier alpha value is -0.990. The van der Waals surface area contributed by atoms with Crippen LogP contribution in [-0.2, 0) is 4.79 Å². The minimum absolute atomic E-state index is 0.0322. The molecule has 1 atom stereocenters. The van der Waals surface area contributed by atoms with Gasteiger partial charge in [-0.15, -0.1) is 0 Å². The monoisotopic (exact) mass is 227 g/mol. The topological polar surface area (TPSA) is 49.3 Å². The van der Waals surface area contributed by atoms with Crippen LogP contribution >= 0.6 is 0 Å². The van der Waals surface area contributed by atoms with E-state index in [2.05, 4.69) is 11.9 Å². The summed E-state index contributed by atoms with van der Waals surface area (Å²) in [6.45, 7) is 15.3. The number of carbonyl (C=O) groups is 1. The molecular formula is C13H25NO2. The van der Waals surface area contributed by atoms with Gasteiger partial charge < -0.3 is 10.4 Å². The van der Waals surface area contributed by atoms with Crippen LogP contribution in [-0.4, -0.2) is 16.6 Å². The van der Waals surface area contributed by atoms with Crippen LogP contribution < -0.4 is 5.32 Å². The lowest BCUT2D eigenvalue weighted by atomic mass is 9.77. The number of hydrogen-bond donors (Lipinski definition) is 2. The third-order valence-corrected chi connectivity index (χ3v) is 2.30. The first-order valence-corrected chi connectivity index (χ1v) is 5.62. The summed E-state index contributed by atoms with van der Waals surface area (Å²) in [6.07, 6.45) is 0.311. The Balaban J connectivity index is 4.78. The summed E-state index contributed by atoms with van der Waals surface area (Å²) >= 11 is 0. The van der Waals surface area contributed by atoms with Crippen LogP contribution in [0.25, 0.3) is 0 Å². The van der Waals surface area contributed by atoms with E-state index < -0.39 is 0 Å². The first-order chi connectivity index (χ1) is 6.93. The second-order valence-electron chi connectivity index (χ2n) is 6.43. The zero-order chi connectivity index (χ0) is 13.1. The lowest BCUT2D eigenvalue weighted by molar-refractivity contribution is -0.130. The van der Waals surface area contributed by atoms with Crippen LogP contribution in [0, 0.1) is 11.3 Å². The number of aliphatic hydroxyl groups excluding tert-OH is 1. The summed E-state index contributed by atoms with van der Waals surface area (Å²) in [5.74, 6) is -0.233. The third-order valence-electron chi connectivity index (χ3n) is 2.30. The molecule has 0 aromatic rings. The van der Waals surface area contributed by atoms with E-state index in [9.17, 15) is 9.90 Å². The highest BCUT2D eigenvalue weighted by molar-refractivity contribution is 5.80. The second-order valence-corrected chi connectivity index (χ2v) is 6.43. The van der Waals surface area contributed by atoms with E-state index in [1.165, 1.54) is 0 Å². The average Bonchev–Trinajstić information content (AvgIpc) is 1.93. The molecule has 0 spiro atoms. The molecule has 16 heavy (non-hydrogen) atoms. The molecule has 0 saturated heterocycles. The summed E-state index contributed by atoms with van der Waals surface area (Å²) in [6, 6.07) is 0. The standard InChI is InChI=1S/C13H25NO2/c1-9(15)8-10(12(2,3)4)11(16)14-13(5,6)7/h10,15H,1,8H2,2-7H3,(H,14,16). The number of hydrogen-bond acceptors (Lipinski definition) is 2. The molecule has 0 bridgehead atoms. The maximum atomic E-state index is 12.1. The summed E-state index contributed by atoms with van der Waals surface area (Å²) in [5.41, 5.74) is -0.446. The predicted molar refractivity (Wildman–Crippen MR) is 67.2 cm³/mol. The van der Waals surface area contributed by atoms with Gasteiger partial charge in [-0.25, -0.2) is 0 Å². The van der Waals surface area contributed by atoms with E-state index in [1.54, 1.807) is 0 Å². The molecule has 2 N–H and O–H groups in total. The summed E-state index contributed by atoms with van der Waals surface area (Å²) in [4.78, 5) is 12.1. The van der Waals surface area contributed by atoms with E-state index in [0.29, 0.717) is 6.42 Å². The highest BCUT2D eigenvalue weighted by Gasteiger charge is 2.33. The van der Waals surface area contributed by atoms with Crippen molar-refractivity contribution in [3.05, 3.63) is 12.3 Å². The van der Waals surface area contributed by atoms with Crippen LogP contribution in [0.15, 0.2) is 12.3 Å². The number of amides is 1. The summed E-state index contributed by atoms with van der Waals surface area (Å²) in [7, 11) is 0. The Morgan fingerprint density at radius 2 is 1.69 bits per heavy atom. The van der Waals surface area contributed by atoms with Gasteiger partial charge in [0.25, 0.3) is 0 Å². The van der Waals surface area contributed by atoms with Crippen molar-refractivity contribution in [3.63, 3.8) is 0 Å². The lowest BCUT2D eigenvalue weighted by Gasteiger charge is -2.32. The molecule has 0 heterocycles. The van der Waals surface area contributed by atoms with Crippen molar-refractivity contribution in [3.8, 4) is 0 Å². The Bertz CT molecular complexity index is 269. The fourth-order valence-corrected chi connectivity index (χ4v) is 1.48. The second kappa shape index (κ2) is 4.89. The molecule has 1 amide bonds. The zero-order valence-electron chi connectivity index (χ0n) is 11.3. The number of aliphatic hydroxyl groups is 1. The van der Waals surface area contributed by atoms with Gasteiger partial charge in [-0.1, -0.05) is 27.4 Å². The van der Waals surface area contributed by atoms with Crippen molar-refractivity contribution in [2.75, 3.05) is 0 Å². The van der Waals surface area contributed by atoms with Crippen molar-refractivity contribution in [2.24, 2.45) is 11.3 Å². The molecule has 0 fully saturated rings. The van der Waals surface area contributed by atoms with Crippen LogP contribution in [0.4, 0.5) is 0 Å². The van der Waals surface area contributed by atoms with Crippen LogP contribution in [0.2, 0.25) is 0 Å². The fourth-order valence-electron chi connectivity index (χ4n) is 1.48. The third kappa shape index (κ3) is 5.79. The molecule has 0 aliphatic heterocycles. The van der Waals surface area contributed by atoms with E-state index >= 15 is 0 Å². The van der Waals surface area contributed by atoms with Gasteiger partial charge in [0, 0.05) is 17.9 Å². The van der Waals surface area contributed by atoms with Crippen LogP contribution in [0.1, 0.15) is 48.0 Å². The summed E-state index contributed by atoms with van der Waals surface area (Å²) < 4.78 is 0. The largest absolute Gasteiger partial charge is 0.513 e. The number of allylic oxidation sites excluding steroid dienone is 1. The average molecular weight is 227 g/mol. The quantitative estimate of drug-likeness (QED) is 0.728. The molecule has 94 valence electrons. The van der Waals surface area contributed by atoms with Crippen molar-refractivity contribution in [2.45, 2.75) is 53.5 Å². The molecule has 0 aliphatic rings. The van der Waals surface area contributed by atoms with Gasteiger partial charge in [0.05, 0.1) is 5.76 Å². The fraction of sp³-hybridized carbons (Fsp3) is 0.769. The number of rotatable bonds is 3. The van der Waals surface area contributed by atoms with E-state index in [0.717, 1.165) is 0 Å². The smallest absolute Gasteiger partial charge is 0.224 e. The van der Waals surface area contributed by atoms with E-state index in [-0.39, 0.29) is 28.5 Å². The highest BCUT2D eigenvalue weighted by atomic mass is 16.3. The van der Waals surface area contributed by atoms with Gasteiger partial charge in [0.2, 0.25) is 5.91 Å². The molecule has 0 aliphatic carbocycles. The number of carbonyl (C=O) groups excluding carboxylic acids is 1. The molecule has 0 aromatic heterocycles. The molecule has 0 rings (SSSR count). The van der Waals surface area contributed by atoms with Crippen molar-refractivity contribution in [1.82, 2.24) is 5.32 Å². The van der Waals surface area contributed by atoms with Crippen molar-refractivity contribution in [1.29, 1.82) is 0 Å². The van der Waals surface area contributed by atoms with Crippen LogP contribution in [0.3, 0.4) is 0 Å². The van der Waals surface area contributed by atoms with Gasteiger partial charge >= 0.3 is 0 Å². The van der Waals surface area contributed by atoms with Crippen molar-refractivity contribution < 1.29 is 9.90 Å². The van der Waals surface area contributed by atoms with Crippen molar-refractivity contribution >= 4 is 5.91 Å². The van der Waals surface area contributed by atoms with E-state index in [4.69, 9.17) is 0 Å². The Kier molecular flexibility index (Phi) is 4.59. The Morgan fingerprint density at radius 1 is 1.25 bits per heavy atom. The lowest BCUT2D eigenvalue weighted by Crippen LogP contribution is -2.47. The minimum Gasteiger partial charge on any atom is -0.513 e. The maximum absolute atomic E-state index is 12.1. The number of nitrogens with one attached hydrogen (secondary N) is 1. The van der Waals surface area contributed by atoms with Gasteiger partial charge in [-0.05, 0) is 26.2 Å². The minimum atomic E-state index is -0.260. The highest BCUT2D eigenvalue weighted by Crippen LogP contribution is 2.31. The molecule has 0 radical (unpaired) electrons. The molecule has 0 aromatic carbocycles. The predicted octanol–water partition coefficient (Wildman–Crippen LogP) is 3.03. The van der Waals surface area contributed by atoms with Gasteiger partial charge in [0.15, 0.2) is 0 Å². The van der Waals surface area contributed by atoms with Gasteiger partial charge in [0.1, 0.15) is 0 Å². The van der Waals surface area contributed by atoms with Crippen LogP contribution in [0.5, 0.6) is 0 Å². The summed E-state index contributed by atoms with van der Waals surface area (Å²) in [5, 5.41) is 12.2. The molecule has 3 nitrogen and oxygen atoms in total. The van der Waals surface area contributed by atoms with Gasteiger partial charge in [-0.3, -0.25) is 4.79 Å². The first kappa shape index (κ1) is 15.0. The molecule has 0 saturated carbocycles. The zero-order valence-corrected chi connectivity index (χ0v) is 11.3. The molecular weight excluding hydrogens is 202 g/mol. The Labute approximate surface area is 98.9 Å². The molecule has 1 unspecified atom stereocenters. The SMILES string of the molecule is C=C(O)CC(C(=O)NC(C)(C)C)C(C)(C)C. The Morgan fingerprint density at radius 3 is 1.94 bits per heavy atom. The maximum Gasteiger partial charge on any atom is 0.224 e. The molecule has 3 heteroatoms. The first-order valence-electron chi connectivity index (χ1n) is 5.62.